The van der Waals surface area contributed by atoms with Gasteiger partial charge in [0, 0.05) is 11.1 Å². The second-order valence-corrected chi connectivity index (χ2v) is 5.85. The molecule has 0 aliphatic heterocycles. The third-order valence-corrected chi connectivity index (χ3v) is 3.87. The second kappa shape index (κ2) is 7.81. The number of nitrogens with zero attached hydrogens (tertiary/aromatic N) is 3. The minimum Gasteiger partial charge on any atom is -0.495 e. The molecule has 0 aliphatic rings. The van der Waals surface area contributed by atoms with E-state index < -0.39 is 0 Å². The normalized spacial score (nSPS) is 11.6. The van der Waals surface area contributed by atoms with Crippen LogP contribution in [0.25, 0.3) is 0 Å². The Balaban J connectivity index is 1.77. The summed E-state index contributed by atoms with van der Waals surface area (Å²) in [5.74, 6) is 1.62. The van der Waals surface area contributed by atoms with Gasteiger partial charge in [-0.2, -0.15) is 10.1 Å². The topological polar surface area (TPSA) is 72.0 Å². The Bertz CT molecular complexity index is 844. The zero-order valence-corrected chi connectivity index (χ0v) is 14.7. The Morgan fingerprint density at radius 3 is 2.68 bits per heavy atom. The third-order valence-electron chi connectivity index (χ3n) is 3.63. The van der Waals surface area contributed by atoms with Crippen molar-refractivity contribution in [2.75, 3.05) is 17.7 Å². The molecule has 2 N–H and O–H groups in total. The van der Waals surface area contributed by atoms with E-state index in [1.54, 1.807) is 31.5 Å². The number of hydrogen-bond donors (Lipinski definition) is 2. The van der Waals surface area contributed by atoms with Crippen LogP contribution in [0.5, 0.6) is 5.75 Å². The van der Waals surface area contributed by atoms with Gasteiger partial charge in [0.1, 0.15) is 5.75 Å². The predicted molar refractivity (Wildman–Crippen MR) is 99.6 cm³/mol. The summed E-state index contributed by atoms with van der Waals surface area (Å²) < 4.78 is 5.31. The highest BCUT2D eigenvalue weighted by Gasteiger charge is 2.09. The molecule has 1 atom stereocenters. The Morgan fingerprint density at radius 1 is 1.12 bits per heavy atom. The van der Waals surface area contributed by atoms with Crippen LogP contribution in [0.1, 0.15) is 18.5 Å². The van der Waals surface area contributed by atoms with Crippen molar-refractivity contribution in [3.8, 4) is 5.75 Å². The van der Waals surface area contributed by atoms with E-state index in [2.05, 4.69) is 44.9 Å². The van der Waals surface area contributed by atoms with E-state index in [4.69, 9.17) is 16.3 Å². The highest BCUT2D eigenvalue weighted by Crippen LogP contribution is 2.29. The summed E-state index contributed by atoms with van der Waals surface area (Å²) in [4.78, 5) is 4.44. The highest BCUT2D eigenvalue weighted by molar-refractivity contribution is 6.30. The maximum atomic E-state index is 6.04. The fourth-order valence-corrected chi connectivity index (χ4v) is 2.54. The molecule has 0 saturated carbocycles. The monoisotopic (exact) mass is 355 g/mol. The Hall–Kier alpha value is -2.86. The summed E-state index contributed by atoms with van der Waals surface area (Å²) in [5, 5.41) is 15.0. The number of methoxy groups -OCH3 is 1. The molecule has 2 aromatic carbocycles. The average Bonchev–Trinajstić information content (AvgIpc) is 2.63. The van der Waals surface area contributed by atoms with Gasteiger partial charge in [0.15, 0.2) is 5.82 Å². The molecule has 1 unspecified atom stereocenters. The molecule has 3 rings (SSSR count). The number of rotatable bonds is 6. The summed E-state index contributed by atoms with van der Waals surface area (Å²) in [6.45, 7) is 2.06. The van der Waals surface area contributed by atoms with Crippen molar-refractivity contribution < 1.29 is 4.74 Å². The fraction of sp³-hybridized carbons (Fsp3) is 0.167. The van der Waals surface area contributed by atoms with Gasteiger partial charge in [0.2, 0.25) is 5.95 Å². The number of halogens is 1. The SMILES string of the molecule is COc1ccc(Cl)cc1Nc1nncc(NC(C)c2ccccc2)n1. The lowest BCUT2D eigenvalue weighted by molar-refractivity contribution is 0.417. The first-order valence-corrected chi connectivity index (χ1v) is 8.15. The molecule has 25 heavy (non-hydrogen) atoms. The van der Waals surface area contributed by atoms with Gasteiger partial charge in [-0.1, -0.05) is 41.9 Å². The van der Waals surface area contributed by atoms with Crippen LogP contribution in [0.4, 0.5) is 17.5 Å². The van der Waals surface area contributed by atoms with E-state index in [9.17, 15) is 0 Å². The Labute approximate surface area is 151 Å². The van der Waals surface area contributed by atoms with E-state index in [1.807, 2.05) is 18.2 Å². The van der Waals surface area contributed by atoms with E-state index in [0.29, 0.717) is 28.2 Å². The van der Waals surface area contributed by atoms with Crippen LogP contribution >= 0.6 is 11.6 Å². The molecule has 7 heteroatoms. The smallest absolute Gasteiger partial charge is 0.249 e. The number of hydrogen-bond acceptors (Lipinski definition) is 6. The van der Waals surface area contributed by atoms with E-state index in [0.717, 1.165) is 5.56 Å². The van der Waals surface area contributed by atoms with Crippen LogP contribution in [0.2, 0.25) is 5.02 Å². The largest absolute Gasteiger partial charge is 0.495 e. The summed E-state index contributed by atoms with van der Waals surface area (Å²) in [6.07, 6.45) is 1.58. The number of anilines is 3. The van der Waals surface area contributed by atoms with Crippen molar-refractivity contribution in [1.29, 1.82) is 0 Å². The van der Waals surface area contributed by atoms with Gasteiger partial charge < -0.3 is 15.4 Å². The summed E-state index contributed by atoms with van der Waals surface area (Å²) >= 11 is 6.04. The minimum atomic E-state index is 0.0893. The summed E-state index contributed by atoms with van der Waals surface area (Å²) in [5.41, 5.74) is 1.83. The zero-order valence-electron chi connectivity index (χ0n) is 13.9. The lowest BCUT2D eigenvalue weighted by Crippen LogP contribution is -2.10. The van der Waals surface area contributed by atoms with Crippen molar-refractivity contribution in [3.63, 3.8) is 0 Å². The molecule has 128 valence electrons. The highest BCUT2D eigenvalue weighted by atomic mass is 35.5. The quantitative estimate of drug-likeness (QED) is 0.680. The first-order chi connectivity index (χ1) is 12.2. The number of aromatic nitrogens is 3. The van der Waals surface area contributed by atoms with Crippen molar-refractivity contribution in [2.24, 2.45) is 0 Å². The number of ether oxygens (including phenoxy) is 1. The average molecular weight is 356 g/mol. The molecule has 0 saturated heterocycles. The zero-order chi connectivity index (χ0) is 17.6. The second-order valence-electron chi connectivity index (χ2n) is 5.41. The Morgan fingerprint density at radius 2 is 1.92 bits per heavy atom. The summed E-state index contributed by atoms with van der Waals surface area (Å²) in [7, 11) is 1.59. The maximum Gasteiger partial charge on any atom is 0.249 e. The van der Waals surface area contributed by atoms with E-state index >= 15 is 0 Å². The Kier molecular flexibility index (Phi) is 5.30. The molecule has 1 heterocycles. The van der Waals surface area contributed by atoms with E-state index in [-0.39, 0.29) is 6.04 Å². The first kappa shape index (κ1) is 17.0. The van der Waals surface area contributed by atoms with Crippen molar-refractivity contribution in [1.82, 2.24) is 15.2 Å². The number of nitrogens with one attached hydrogen (secondary N) is 2. The van der Waals surface area contributed by atoms with Crippen LogP contribution < -0.4 is 15.4 Å². The minimum absolute atomic E-state index is 0.0893. The van der Waals surface area contributed by atoms with Gasteiger partial charge in [-0.15, -0.1) is 5.10 Å². The molecule has 0 spiro atoms. The van der Waals surface area contributed by atoms with Crippen molar-refractivity contribution in [3.05, 3.63) is 65.3 Å². The molecule has 0 radical (unpaired) electrons. The fourth-order valence-electron chi connectivity index (χ4n) is 2.37. The van der Waals surface area contributed by atoms with Gasteiger partial charge in [-0.3, -0.25) is 0 Å². The van der Waals surface area contributed by atoms with Gasteiger partial charge in [0.05, 0.1) is 19.0 Å². The molecule has 6 nitrogen and oxygen atoms in total. The standard InChI is InChI=1S/C18H18ClN5O/c1-12(13-6-4-3-5-7-13)21-17-11-20-24-18(23-17)22-15-10-14(19)8-9-16(15)25-2/h3-12H,1-2H3,(H2,21,22,23,24). The molecule has 0 aliphatic carbocycles. The molecular formula is C18H18ClN5O. The molecule has 0 fully saturated rings. The van der Waals surface area contributed by atoms with Gasteiger partial charge in [-0.25, -0.2) is 0 Å². The molecule has 0 amide bonds. The molecule has 3 aromatic rings. The van der Waals surface area contributed by atoms with Crippen LogP contribution in [0.3, 0.4) is 0 Å². The lowest BCUT2D eigenvalue weighted by atomic mass is 10.1. The summed E-state index contributed by atoms with van der Waals surface area (Å²) in [6, 6.07) is 15.5. The van der Waals surface area contributed by atoms with Gasteiger partial charge in [-0.05, 0) is 30.7 Å². The van der Waals surface area contributed by atoms with Crippen LogP contribution in [-0.2, 0) is 0 Å². The lowest BCUT2D eigenvalue weighted by Gasteiger charge is -2.15. The van der Waals surface area contributed by atoms with E-state index in [1.165, 1.54) is 0 Å². The van der Waals surface area contributed by atoms with Gasteiger partial charge in [0.25, 0.3) is 0 Å². The number of benzene rings is 2. The van der Waals surface area contributed by atoms with Crippen LogP contribution in [-0.4, -0.2) is 22.3 Å². The van der Waals surface area contributed by atoms with Crippen LogP contribution in [0.15, 0.2) is 54.7 Å². The van der Waals surface area contributed by atoms with Crippen molar-refractivity contribution >= 4 is 29.1 Å². The van der Waals surface area contributed by atoms with Gasteiger partial charge >= 0.3 is 0 Å². The van der Waals surface area contributed by atoms with Crippen LogP contribution in [0, 0.1) is 0 Å². The first-order valence-electron chi connectivity index (χ1n) is 7.77. The third kappa shape index (κ3) is 4.36. The molecular weight excluding hydrogens is 338 g/mol. The predicted octanol–water partition coefficient (Wildman–Crippen LogP) is 4.45. The molecule has 0 bridgehead atoms. The maximum absolute atomic E-state index is 6.04. The molecule has 1 aromatic heterocycles. The van der Waals surface area contributed by atoms with Crippen molar-refractivity contribution in [2.45, 2.75) is 13.0 Å².